The molecular formula is C25H31N7O4. The maximum absolute atomic E-state index is 12.9. The van der Waals surface area contributed by atoms with Crippen LogP contribution in [0.4, 0.5) is 5.82 Å². The molecule has 11 nitrogen and oxygen atoms in total. The van der Waals surface area contributed by atoms with Crippen LogP contribution in [0.15, 0.2) is 49.1 Å². The highest BCUT2D eigenvalue weighted by molar-refractivity contribution is 5.81. The Morgan fingerprint density at radius 3 is 2.64 bits per heavy atom. The number of piperazine rings is 1. The Kier molecular flexibility index (Phi) is 8.11. The van der Waals surface area contributed by atoms with Gasteiger partial charge in [-0.2, -0.15) is 4.98 Å². The lowest BCUT2D eigenvalue weighted by Gasteiger charge is -2.41. The molecule has 3 heterocycles. The van der Waals surface area contributed by atoms with Crippen molar-refractivity contribution in [3.05, 3.63) is 60.3 Å². The standard InChI is InChI=1S/C25H31N7O4/c1-18-12-22(29-25(28-18)31-9-8-26-17-31)30-10-11-32(24(34)16-35-2)20(15-30)13-23(33)27-14-19-4-6-21(36-3)7-5-19/h4-9,12,17,20H,10-11,13-16H2,1-3H3,(H,27,33). The first-order valence-electron chi connectivity index (χ1n) is 11.7. The third kappa shape index (κ3) is 6.16. The van der Waals surface area contributed by atoms with Crippen LogP contribution in [0.25, 0.3) is 5.95 Å². The molecule has 0 aliphatic carbocycles. The Bertz CT molecular complexity index is 1170. The third-order valence-electron chi connectivity index (χ3n) is 6.03. The van der Waals surface area contributed by atoms with Crippen LogP contribution in [0, 0.1) is 6.92 Å². The highest BCUT2D eigenvalue weighted by atomic mass is 16.5. The van der Waals surface area contributed by atoms with Crippen molar-refractivity contribution >= 4 is 17.6 Å². The molecule has 4 rings (SSSR count). The number of amides is 2. The summed E-state index contributed by atoms with van der Waals surface area (Å²) in [5.41, 5.74) is 1.78. The maximum Gasteiger partial charge on any atom is 0.248 e. The fraction of sp³-hybridized carbons (Fsp3) is 0.400. The van der Waals surface area contributed by atoms with E-state index >= 15 is 0 Å². The highest BCUT2D eigenvalue weighted by Crippen LogP contribution is 2.21. The summed E-state index contributed by atoms with van der Waals surface area (Å²) in [6, 6.07) is 9.11. The first-order valence-corrected chi connectivity index (χ1v) is 11.7. The lowest BCUT2D eigenvalue weighted by atomic mass is 10.1. The molecule has 1 aliphatic rings. The quantitative estimate of drug-likeness (QED) is 0.475. The summed E-state index contributed by atoms with van der Waals surface area (Å²) in [5.74, 6) is 1.76. The topological polar surface area (TPSA) is 115 Å². The van der Waals surface area contributed by atoms with Gasteiger partial charge in [0.15, 0.2) is 0 Å². The van der Waals surface area contributed by atoms with Gasteiger partial charge in [0.2, 0.25) is 17.8 Å². The van der Waals surface area contributed by atoms with Crippen molar-refractivity contribution in [1.82, 2.24) is 29.7 Å². The number of methoxy groups -OCH3 is 2. The SMILES string of the molecule is COCC(=O)N1CCN(c2cc(C)nc(-n3ccnc3)n2)CC1CC(=O)NCc1ccc(OC)cc1. The van der Waals surface area contributed by atoms with Crippen LogP contribution < -0.4 is 15.0 Å². The number of imidazole rings is 1. The molecular weight excluding hydrogens is 462 g/mol. The van der Waals surface area contributed by atoms with Crippen molar-refractivity contribution in [3.63, 3.8) is 0 Å². The fourth-order valence-corrected chi connectivity index (χ4v) is 4.19. The van der Waals surface area contributed by atoms with Gasteiger partial charge in [-0.05, 0) is 24.6 Å². The molecule has 1 saturated heterocycles. The normalized spacial score (nSPS) is 15.6. The zero-order valence-electron chi connectivity index (χ0n) is 20.8. The van der Waals surface area contributed by atoms with Gasteiger partial charge in [-0.3, -0.25) is 14.2 Å². The average Bonchev–Trinajstić information content (AvgIpc) is 3.43. The van der Waals surface area contributed by atoms with E-state index in [1.807, 2.05) is 37.3 Å². The summed E-state index contributed by atoms with van der Waals surface area (Å²) >= 11 is 0. The number of aryl methyl sites for hydroxylation is 1. The van der Waals surface area contributed by atoms with Gasteiger partial charge < -0.3 is 24.6 Å². The molecule has 36 heavy (non-hydrogen) atoms. The number of carbonyl (C=O) groups excluding carboxylic acids is 2. The zero-order valence-corrected chi connectivity index (χ0v) is 20.8. The summed E-state index contributed by atoms with van der Waals surface area (Å²) in [6.45, 7) is 3.78. The number of aromatic nitrogens is 4. The number of benzene rings is 1. The van der Waals surface area contributed by atoms with E-state index in [1.165, 1.54) is 7.11 Å². The predicted octanol–water partition coefficient (Wildman–Crippen LogP) is 1.35. The molecule has 1 atom stereocenters. The summed E-state index contributed by atoms with van der Waals surface area (Å²) in [5, 5.41) is 2.96. The van der Waals surface area contributed by atoms with E-state index in [-0.39, 0.29) is 30.9 Å². The molecule has 2 amide bonds. The van der Waals surface area contributed by atoms with E-state index in [0.717, 1.165) is 22.8 Å². The van der Waals surface area contributed by atoms with E-state index in [4.69, 9.17) is 14.5 Å². The van der Waals surface area contributed by atoms with E-state index in [0.29, 0.717) is 32.1 Å². The highest BCUT2D eigenvalue weighted by Gasteiger charge is 2.32. The molecule has 0 radical (unpaired) electrons. The van der Waals surface area contributed by atoms with Gasteiger partial charge in [0, 0.05) is 63.9 Å². The van der Waals surface area contributed by atoms with Crippen LogP contribution in [0.1, 0.15) is 17.7 Å². The molecule has 190 valence electrons. The fourth-order valence-electron chi connectivity index (χ4n) is 4.19. The van der Waals surface area contributed by atoms with Crippen LogP contribution in [-0.2, 0) is 20.9 Å². The number of ether oxygens (including phenoxy) is 2. The third-order valence-corrected chi connectivity index (χ3v) is 6.03. The molecule has 1 unspecified atom stereocenters. The van der Waals surface area contributed by atoms with Gasteiger partial charge in [0.25, 0.3) is 0 Å². The summed E-state index contributed by atoms with van der Waals surface area (Å²) in [6.07, 6.45) is 5.28. The number of carbonyl (C=O) groups is 2. The number of nitrogens with one attached hydrogen (secondary N) is 1. The average molecular weight is 494 g/mol. The first kappa shape index (κ1) is 25.1. The molecule has 1 aromatic carbocycles. The lowest BCUT2D eigenvalue weighted by Crippen LogP contribution is -2.57. The van der Waals surface area contributed by atoms with Crippen LogP contribution >= 0.6 is 0 Å². The first-order chi connectivity index (χ1) is 17.5. The molecule has 0 saturated carbocycles. The van der Waals surface area contributed by atoms with Crippen molar-refractivity contribution in [2.24, 2.45) is 0 Å². The largest absolute Gasteiger partial charge is 0.497 e. The summed E-state index contributed by atoms with van der Waals surface area (Å²) in [4.78, 5) is 42.7. The van der Waals surface area contributed by atoms with Gasteiger partial charge in [0.05, 0.1) is 13.2 Å². The second-order valence-electron chi connectivity index (χ2n) is 8.59. The second-order valence-corrected chi connectivity index (χ2v) is 8.59. The van der Waals surface area contributed by atoms with Crippen LogP contribution in [0.5, 0.6) is 5.75 Å². The molecule has 11 heteroatoms. The molecule has 1 N–H and O–H groups in total. The van der Waals surface area contributed by atoms with E-state index in [2.05, 4.69) is 20.2 Å². The van der Waals surface area contributed by atoms with Crippen molar-refractivity contribution in [1.29, 1.82) is 0 Å². The number of rotatable bonds is 9. The van der Waals surface area contributed by atoms with Gasteiger partial charge in [-0.1, -0.05) is 12.1 Å². The lowest BCUT2D eigenvalue weighted by molar-refractivity contribution is -0.139. The van der Waals surface area contributed by atoms with Gasteiger partial charge in [-0.25, -0.2) is 9.97 Å². The van der Waals surface area contributed by atoms with Crippen molar-refractivity contribution < 1.29 is 19.1 Å². The minimum atomic E-state index is -0.329. The van der Waals surface area contributed by atoms with E-state index in [9.17, 15) is 9.59 Å². The van der Waals surface area contributed by atoms with Gasteiger partial charge >= 0.3 is 0 Å². The monoisotopic (exact) mass is 493 g/mol. The number of nitrogens with zero attached hydrogens (tertiary/aromatic N) is 6. The van der Waals surface area contributed by atoms with E-state index in [1.54, 1.807) is 35.3 Å². The zero-order chi connectivity index (χ0) is 25.5. The van der Waals surface area contributed by atoms with Gasteiger partial charge in [-0.15, -0.1) is 0 Å². The Hall–Kier alpha value is -3.99. The second kappa shape index (κ2) is 11.6. The molecule has 1 fully saturated rings. The molecule has 0 spiro atoms. The molecule has 3 aromatic rings. The molecule has 1 aliphatic heterocycles. The number of hydrogen-bond acceptors (Lipinski definition) is 8. The van der Waals surface area contributed by atoms with E-state index < -0.39 is 0 Å². The van der Waals surface area contributed by atoms with Crippen molar-refractivity contribution in [2.45, 2.75) is 25.9 Å². The number of hydrogen-bond donors (Lipinski definition) is 1. The Balaban J connectivity index is 1.47. The van der Waals surface area contributed by atoms with Crippen LogP contribution in [0.3, 0.4) is 0 Å². The molecule has 2 aromatic heterocycles. The minimum Gasteiger partial charge on any atom is -0.497 e. The minimum absolute atomic E-state index is 0.0264. The molecule has 0 bridgehead atoms. The summed E-state index contributed by atoms with van der Waals surface area (Å²) in [7, 11) is 3.11. The Morgan fingerprint density at radius 1 is 1.14 bits per heavy atom. The van der Waals surface area contributed by atoms with Crippen LogP contribution in [-0.4, -0.2) is 82.7 Å². The predicted molar refractivity (Wildman–Crippen MR) is 133 cm³/mol. The van der Waals surface area contributed by atoms with Crippen LogP contribution in [0.2, 0.25) is 0 Å². The van der Waals surface area contributed by atoms with Crippen molar-refractivity contribution in [2.75, 3.05) is 45.4 Å². The Labute approximate surface area is 210 Å². The smallest absolute Gasteiger partial charge is 0.248 e. The summed E-state index contributed by atoms with van der Waals surface area (Å²) < 4.78 is 12.0. The van der Waals surface area contributed by atoms with Crippen molar-refractivity contribution in [3.8, 4) is 11.7 Å². The van der Waals surface area contributed by atoms with Gasteiger partial charge in [0.1, 0.15) is 24.5 Å². The number of anilines is 1. The Morgan fingerprint density at radius 2 is 1.94 bits per heavy atom. The maximum atomic E-state index is 12.9.